The average molecular weight is 224 g/mol. The van der Waals surface area contributed by atoms with Crippen LogP contribution in [0.4, 0.5) is 0 Å². The molecule has 0 bridgehead atoms. The van der Waals surface area contributed by atoms with Crippen molar-refractivity contribution < 1.29 is 9.90 Å². The molecule has 2 N–H and O–H groups in total. The largest absolute Gasteiger partial charge is 0.387 e. The predicted molar refractivity (Wildman–Crippen MR) is 63.0 cm³/mol. The number of aliphatic hydroxyl groups excluding tert-OH is 1. The number of aryl methyl sites for hydroxylation is 1. The highest BCUT2D eigenvalue weighted by Gasteiger charge is 2.08. The lowest BCUT2D eigenvalue weighted by Crippen LogP contribution is -2.30. The van der Waals surface area contributed by atoms with E-state index in [0.29, 0.717) is 13.0 Å². The first-order valence-corrected chi connectivity index (χ1v) is 5.63. The SMILES string of the molecule is CC(C)NC(=O)CCn1cccc1C(C)O. The summed E-state index contributed by atoms with van der Waals surface area (Å²) in [5, 5.41) is 12.3. The van der Waals surface area contributed by atoms with Crippen molar-refractivity contribution in [1.82, 2.24) is 9.88 Å². The van der Waals surface area contributed by atoms with Crippen molar-refractivity contribution in [2.45, 2.75) is 45.9 Å². The zero-order chi connectivity index (χ0) is 12.1. The third kappa shape index (κ3) is 3.70. The van der Waals surface area contributed by atoms with Gasteiger partial charge >= 0.3 is 0 Å². The average Bonchev–Trinajstić information content (AvgIpc) is 2.61. The quantitative estimate of drug-likeness (QED) is 0.795. The highest BCUT2D eigenvalue weighted by atomic mass is 16.3. The molecule has 4 nitrogen and oxygen atoms in total. The lowest BCUT2D eigenvalue weighted by molar-refractivity contribution is -0.121. The molecule has 1 heterocycles. The minimum atomic E-state index is -0.497. The number of rotatable bonds is 5. The maximum absolute atomic E-state index is 11.4. The van der Waals surface area contributed by atoms with Crippen LogP contribution in [-0.2, 0) is 11.3 Å². The lowest BCUT2D eigenvalue weighted by atomic mass is 10.3. The van der Waals surface area contributed by atoms with Crippen LogP contribution in [0.3, 0.4) is 0 Å². The van der Waals surface area contributed by atoms with Gasteiger partial charge in [0.15, 0.2) is 0 Å². The molecule has 0 aliphatic heterocycles. The Bertz CT molecular complexity index is 343. The molecular formula is C12H20N2O2. The standard InChI is InChI=1S/C12H20N2O2/c1-9(2)13-12(16)6-8-14-7-4-5-11(14)10(3)15/h4-5,7,9-10,15H,6,8H2,1-3H3,(H,13,16). The Kier molecular flexibility index (Phi) is 4.55. The summed E-state index contributed by atoms with van der Waals surface area (Å²) in [7, 11) is 0. The molecule has 16 heavy (non-hydrogen) atoms. The summed E-state index contributed by atoms with van der Waals surface area (Å²) in [5.74, 6) is 0.0419. The van der Waals surface area contributed by atoms with E-state index in [2.05, 4.69) is 5.32 Å². The summed E-state index contributed by atoms with van der Waals surface area (Å²) in [4.78, 5) is 11.4. The number of hydrogen-bond donors (Lipinski definition) is 2. The van der Waals surface area contributed by atoms with Crippen LogP contribution in [0.15, 0.2) is 18.3 Å². The van der Waals surface area contributed by atoms with E-state index in [1.807, 2.05) is 36.7 Å². The number of carbonyl (C=O) groups excluding carboxylic acids is 1. The normalized spacial score (nSPS) is 12.8. The van der Waals surface area contributed by atoms with E-state index in [9.17, 15) is 9.90 Å². The van der Waals surface area contributed by atoms with Crippen LogP contribution in [0.1, 0.15) is 39.0 Å². The van der Waals surface area contributed by atoms with Gasteiger partial charge in [0.25, 0.3) is 0 Å². The molecule has 0 spiro atoms. The Morgan fingerprint density at radius 1 is 1.50 bits per heavy atom. The second-order valence-corrected chi connectivity index (χ2v) is 4.27. The van der Waals surface area contributed by atoms with Crippen LogP contribution in [0.2, 0.25) is 0 Å². The highest BCUT2D eigenvalue weighted by molar-refractivity contribution is 5.76. The van der Waals surface area contributed by atoms with Crippen molar-refractivity contribution in [3.63, 3.8) is 0 Å². The number of hydrogen-bond acceptors (Lipinski definition) is 2. The molecule has 0 aliphatic carbocycles. The Hall–Kier alpha value is -1.29. The van der Waals surface area contributed by atoms with Gasteiger partial charge in [0.1, 0.15) is 0 Å². The monoisotopic (exact) mass is 224 g/mol. The van der Waals surface area contributed by atoms with Crippen molar-refractivity contribution >= 4 is 5.91 Å². The van der Waals surface area contributed by atoms with Crippen LogP contribution in [0, 0.1) is 0 Å². The first-order chi connectivity index (χ1) is 7.50. The zero-order valence-electron chi connectivity index (χ0n) is 10.1. The lowest BCUT2D eigenvalue weighted by Gasteiger charge is -2.12. The molecule has 1 atom stereocenters. The maximum atomic E-state index is 11.4. The van der Waals surface area contributed by atoms with E-state index in [1.165, 1.54) is 0 Å². The molecule has 90 valence electrons. The molecule has 1 aromatic heterocycles. The van der Waals surface area contributed by atoms with E-state index < -0.39 is 6.10 Å². The van der Waals surface area contributed by atoms with Gasteiger partial charge in [-0.3, -0.25) is 4.79 Å². The van der Waals surface area contributed by atoms with E-state index in [0.717, 1.165) is 5.69 Å². The fourth-order valence-electron chi connectivity index (χ4n) is 1.63. The van der Waals surface area contributed by atoms with Gasteiger partial charge in [-0.1, -0.05) is 0 Å². The fraction of sp³-hybridized carbons (Fsp3) is 0.583. The van der Waals surface area contributed by atoms with Gasteiger partial charge in [-0.15, -0.1) is 0 Å². The van der Waals surface area contributed by atoms with Gasteiger partial charge in [0.05, 0.1) is 6.10 Å². The van der Waals surface area contributed by atoms with Gasteiger partial charge in [-0.25, -0.2) is 0 Å². The summed E-state index contributed by atoms with van der Waals surface area (Å²) in [6, 6.07) is 3.92. The number of aromatic nitrogens is 1. The fourth-order valence-corrected chi connectivity index (χ4v) is 1.63. The van der Waals surface area contributed by atoms with Crippen LogP contribution in [0.5, 0.6) is 0 Å². The Labute approximate surface area is 96.3 Å². The number of aliphatic hydroxyl groups is 1. The number of nitrogens with one attached hydrogen (secondary N) is 1. The summed E-state index contributed by atoms with van der Waals surface area (Å²) in [6.07, 6.45) is 1.82. The number of nitrogens with zero attached hydrogens (tertiary/aromatic N) is 1. The second kappa shape index (κ2) is 5.70. The van der Waals surface area contributed by atoms with Crippen LogP contribution >= 0.6 is 0 Å². The molecule has 0 aromatic carbocycles. The van der Waals surface area contributed by atoms with Crippen LogP contribution in [-0.4, -0.2) is 21.6 Å². The van der Waals surface area contributed by atoms with Gasteiger partial charge in [0.2, 0.25) is 5.91 Å². The van der Waals surface area contributed by atoms with Crippen LogP contribution in [0.25, 0.3) is 0 Å². The minimum Gasteiger partial charge on any atom is -0.387 e. The highest BCUT2D eigenvalue weighted by Crippen LogP contribution is 2.13. The molecule has 1 aromatic rings. The zero-order valence-corrected chi connectivity index (χ0v) is 10.1. The minimum absolute atomic E-state index is 0.0419. The Morgan fingerprint density at radius 2 is 2.19 bits per heavy atom. The third-order valence-electron chi connectivity index (χ3n) is 2.32. The Morgan fingerprint density at radius 3 is 2.75 bits per heavy atom. The topological polar surface area (TPSA) is 54.3 Å². The van der Waals surface area contributed by atoms with Gasteiger partial charge < -0.3 is 15.0 Å². The summed E-state index contributed by atoms with van der Waals surface area (Å²) < 4.78 is 1.91. The van der Waals surface area contributed by atoms with Crippen LogP contribution < -0.4 is 5.32 Å². The number of carbonyl (C=O) groups is 1. The van der Waals surface area contributed by atoms with E-state index >= 15 is 0 Å². The molecule has 1 amide bonds. The molecule has 0 fully saturated rings. The molecule has 1 rings (SSSR count). The smallest absolute Gasteiger partial charge is 0.221 e. The summed E-state index contributed by atoms with van der Waals surface area (Å²) in [6.45, 7) is 6.20. The first-order valence-electron chi connectivity index (χ1n) is 5.63. The van der Waals surface area contributed by atoms with Crippen molar-refractivity contribution in [2.24, 2.45) is 0 Å². The predicted octanol–water partition coefficient (Wildman–Crippen LogP) is 1.46. The van der Waals surface area contributed by atoms with Gasteiger partial charge in [0, 0.05) is 30.9 Å². The summed E-state index contributed by atoms with van der Waals surface area (Å²) >= 11 is 0. The first kappa shape index (κ1) is 12.8. The van der Waals surface area contributed by atoms with Crippen molar-refractivity contribution in [3.8, 4) is 0 Å². The van der Waals surface area contributed by atoms with Gasteiger partial charge in [-0.2, -0.15) is 0 Å². The molecule has 0 saturated heterocycles. The number of amides is 1. The third-order valence-corrected chi connectivity index (χ3v) is 2.32. The van der Waals surface area contributed by atoms with Gasteiger partial charge in [-0.05, 0) is 32.9 Å². The second-order valence-electron chi connectivity index (χ2n) is 4.27. The van der Waals surface area contributed by atoms with E-state index in [-0.39, 0.29) is 11.9 Å². The van der Waals surface area contributed by atoms with E-state index in [1.54, 1.807) is 6.92 Å². The Balaban J connectivity index is 2.48. The maximum Gasteiger partial charge on any atom is 0.221 e. The molecule has 0 aliphatic rings. The van der Waals surface area contributed by atoms with Crippen molar-refractivity contribution in [2.75, 3.05) is 0 Å². The van der Waals surface area contributed by atoms with E-state index in [4.69, 9.17) is 0 Å². The molecule has 0 radical (unpaired) electrons. The molecule has 1 unspecified atom stereocenters. The molecule has 0 saturated carbocycles. The van der Waals surface area contributed by atoms with Crippen molar-refractivity contribution in [1.29, 1.82) is 0 Å². The summed E-state index contributed by atoms with van der Waals surface area (Å²) in [5.41, 5.74) is 0.845. The molecule has 4 heteroatoms. The molecular weight excluding hydrogens is 204 g/mol. The van der Waals surface area contributed by atoms with Crippen molar-refractivity contribution in [3.05, 3.63) is 24.0 Å².